The van der Waals surface area contributed by atoms with Gasteiger partial charge in [-0.25, -0.2) is 9.97 Å². The summed E-state index contributed by atoms with van der Waals surface area (Å²) in [7, 11) is 0. The SMILES string of the molecule is CC(C)(C)c1nc(C(F)(F)F)nc2c1C1CN=CC1C2. The van der Waals surface area contributed by atoms with Crippen LogP contribution in [0.2, 0.25) is 0 Å². The van der Waals surface area contributed by atoms with E-state index in [2.05, 4.69) is 15.0 Å². The number of hydrogen-bond acceptors (Lipinski definition) is 3. The Labute approximate surface area is 115 Å². The molecule has 108 valence electrons. The summed E-state index contributed by atoms with van der Waals surface area (Å²) >= 11 is 0. The van der Waals surface area contributed by atoms with Crippen molar-refractivity contribution < 1.29 is 13.2 Å². The summed E-state index contributed by atoms with van der Waals surface area (Å²) in [5.41, 5.74) is 1.53. The second kappa shape index (κ2) is 4.02. The quantitative estimate of drug-likeness (QED) is 0.733. The number of hydrogen-bond donors (Lipinski definition) is 0. The number of fused-ring (bicyclic) bond motifs is 3. The van der Waals surface area contributed by atoms with Crippen molar-refractivity contribution >= 4 is 6.21 Å². The van der Waals surface area contributed by atoms with Crippen LogP contribution in [0.4, 0.5) is 13.2 Å². The van der Waals surface area contributed by atoms with Crippen LogP contribution in [0.3, 0.4) is 0 Å². The molecule has 3 nitrogen and oxygen atoms in total. The number of rotatable bonds is 0. The van der Waals surface area contributed by atoms with Crippen molar-refractivity contribution in [2.45, 2.75) is 44.7 Å². The minimum Gasteiger partial charge on any atom is -0.297 e. The third-order valence-electron chi connectivity index (χ3n) is 3.90. The molecule has 0 bridgehead atoms. The molecule has 0 aromatic carbocycles. The normalized spacial score (nSPS) is 24.9. The maximum atomic E-state index is 13.0. The second-order valence-electron chi connectivity index (χ2n) is 6.49. The molecule has 0 saturated heterocycles. The van der Waals surface area contributed by atoms with Gasteiger partial charge < -0.3 is 0 Å². The Kier molecular flexibility index (Phi) is 2.72. The summed E-state index contributed by atoms with van der Waals surface area (Å²) < 4.78 is 38.9. The topological polar surface area (TPSA) is 38.1 Å². The van der Waals surface area contributed by atoms with Gasteiger partial charge in [-0.3, -0.25) is 4.99 Å². The standard InChI is InChI=1S/C14H16F3N3/c1-13(2,3)11-10-8-6-18-5-7(8)4-9(10)19-12(20-11)14(15,16)17/h5,7-8H,4,6H2,1-3H3. The van der Waals surface area contributed by atoms with Crippen molar-refractivity contribution in [3.8, 4) is 0 Å². The lowest BCUT2D eigenvalue weighted by Crippen LogP contribution is -2.23. The van der Waals surface area contributed by atoms with Crippen LogP contribution in [-0.2, 0) is 18.0 Å². The maximum absolute atomic E-state index is 13.0. The number of nitrogens with zero attached hydrogens (tertiary/aromatic N) is 3. The van der Waals surface area contributed by atoms with E-state index in [0.29, 0.717) is 24.4 Å². The van der Waals surface area contributed by atoms with E-state index < -0.39 is 17.4 Å². The highest BCUT2D eigenvalue weighted by atomic mass is 19.4. The van der Waals surface area contributed by atoms with Crippen molar-refractivity contribution in [2.75, 3.05) is 6.54 Å². The molecule has 0 amide bonds. The first kappa shape index (κ1) is 13.5. The summed E-state index contributed by atoms with van der Waals surface area (Å²) in [6.45, 7) is 6.30. The van der Waals surface area contributed by atoms with Crippen LogP contribution in [0.25, 0.3) is 0 Å². The molecular formula is C14H16F3N3. The van der Waals surface area contributed by atoms with Crippen LogP contribution in [0.1, 0.15) is 49.5 Å². The summed E-state index contributed by atoms with van der Waals surface area (Å²) in [4.78, 5) is 11.9. The van der Waals surface area contributed by atoms with E-state index in [1.165, 1.54) is 0 Å². The first-order valence-electron chi connectivity index (χ1n) is 6.66. The fourth-order valence-electron chi connectivity index (χ4n) is 3.03. The largest absolute Gasteiger partial charge is 0.451 e. The number of aliphatic imine (C=N–C) groups is 1. The molecule has 2 aliphatic rings. The Morgan fingerprint density at radius 3 is 2.45 bits per heavy atom. The molecule has 1 aliphatic heterocycles. The van der Waals surface area contributed by atoms with Crippen molar-refractivity contribution in [2.24, 2.45) is 10.9 Å². The van der Waals surface area contributed by atoms with E-state index in [-0.39, 0.29) is 11.8 Å². The van der Waals surface area contributed by atoms with E-state index in [0.717, 1.165) is 5.56 Å². The second-order valence-corrected chi connectivity index (χ2v) is 6.49. The predicted octanol–water partition coefficient (Wildman–Crippen LogP) is 3.13. The molecule has 0 fully saturated rings. The Bertz CT molecular complexity index is 585. The molecule has 2 unspecified atom stereocenters. The molecule has 3 rings (SSSR count). The highest BCUT2D eigenvalue weighted by Gasteiger charge is 2.43. The first-order chi connectivity index (χ1) is 9.18. The van der Waals surface area contributed by atoms with Gasteiger partial charge in [0.25, 0.3) is 0 Å². The van der Waals surface area contributed by atoms with Crippen LogP contribution in [0.5, 0.6) is 0 Å². The van der Waals surface area contributed by atoms with Gasteiger partial charge in [0.2, 0.25) is 5.82 Å². The Morgan fingerprint density at radius 1 is 1.15 bits per heavy atom. The Balaban J connectivity index is 2.20. The molecule has 2 atom stereocenters. The van der Waals surface area contributed by atoms with Gasteiger partial charge in [0.05, 0.1) is 5.69 Å². The third-order valence-corrected chi connectivity index (χ3v) is 3.90. The van der Waals surface area contributed by atoms with Crippen molar-refractivity contribution in [3.05, 3.63) is 22.8 Å². The molecule has 0 spiro atoms. The summed E-state index contributed by atoms with van der Waals surface area (Å²) in [5, 5.41) is 0. The Morgan fingerprint density at radius 2 is 1.85 bits per heavy atom. The molecule has 1 aromatic rings. The fourth-order valence-corrected chi connectivity index (χ4v) is 3.03. The molecule has 1 aliphatic carbocycles. The zero-order chi connectivity index (χ0) is 14.7. The predicted molar refractivity (Wildman–Crippen MR) is 69.0 cm³/mol. The van der Waals surface area contributed by atoms with Gasteiger partial charge in [0.1, 0.15) is 0 Å². The highest BCUT2D eigenvalue weighted by molar-refractivity contribution is 5.68. The van der Waals surface area contributed by atoms with E-state index in [9.17, 15) is 13.2 Å². The van der Waals surface area contributed by atoms with Crippen LogP contribution < -0.4 is 0 Å². The average Bonchev–Trinajstić information content (AvgIpc) is 2.84. The van der Waals surface area contributed by atoms with Crippen LogP contribution in [-0.4, -0.2) is 22.7 Å². The molecule has 2 heterocycles. The minimum atomic E-state index is -4.50. The highest BCUT2D eigenvalue weighted by Crippen LogP contribution is 2.44. The lowest BCUT2D eigenvalue weighted by Gasteiger charge is -2.24. The molecular weight excluding hydrogens is 267 g/mol. The summed E-state index contributed by atoms with van der Waals surface area (Å²) in [6.07, 6.45) is -2.11. The number of halogens is 3. The van der Waals surface area contributed by atoms with Gasteiger partial charge in [0, 0.05) is 41.3 Å². The molecule has 20 heavy (non-hydrogen) atoms. The van der Waals surface area contributed by atoms with E-state index in [4.69, 9.17) is 0 Å². The molecule has 0 saturated carbocycles. The molecule has 6 heteroatoms. The van der Waals surface area contributed by atoms with Gasteiger partial charge in [-0.05, 0) is 6.42 Å². The average molecular weight is 283 g/mol. The summed E-state index contributed by atoms with van der Waals surface area (Å²) in [5.74, 6) is -0.677. The monoisotopic (exact) mass is 283 g/mol. The maximum Gasteiger partial charge on any atom is 0.451 e. The van der Waals surface area contributed by atoms with Gasteiger partial charge in [-0.15, -0.1) is 0 Å². The van der Waals surface area contributed by atoms with Crippen molar-refractivity contribution in [1.82, 2.24) is 9.97 Å². The minimum absolute atomic E-state index is 0.154. The third kappa shape index (κ3) is 2.01. The van der Waals surface area contributed by atoms with Crippen molar-refractivity contribution in [1.29, 1.82) is 0 Å². The van der Waals surface area contributed by atoms with Gasteiger partial charge in [-0.2, -0.15) is 13.2 Å². The molecule has 1 aromatic heterocycles. The first-order valence-corrected chi connectivity index (χ1v) is 6.66. The summed E-state index contributed by atoms with van der Waals surface area (Å²) in [6, 6.07) is 0. The molecule has 0 N–H and O–H groups in total. The van der Waals surface area contributed by atoms with E-state index >= 15 is 0 Å². The molecule has 0 radical (unpaired) electrons. The van der Waals surface area contributed by atoms with E-state index in [1.54, 1.807) is 0 Å². The van der Waals surface area contributed by atoms with Crippen LogP contribution in [0, 0.1) is 5.92 Å². The van der Waals surface area contributed by atoms with E-state index in [1.807, 2.05) is 27.0 Å². The van der Waals surface area contributed by atoms with Crippen LogP contribution in [0.15, 0.2) is 4.99 Å². The van der Waals surface area contributed by atoms with Crippen molar-refractivity contribution in [3.63, 3.8) is 0 Å². The number of alkyl halides is 3. The van der Waals surface area contributed by atoms with Gasteiger partial charge in [-0.1, -0.05) is 20.8 Å². The van der Waals surface area contributed by atoms with Crippen LogP contribution >= 0.6 is 0 Å². The van der Waals surface area contributed by atoms with Gasteiger partial charge in [0.15, 0.2) is 0 Å². The zero-order valence-electron chi connectivity index (χ0n) is 11.6. The lowest BCUT2D eigenvalue weighted by molar-refractivity contribution is -0.145. The fraction of sp³-hybridized carbons (Fsp3) is 0.643. The zero-order valence-corrected chi connectivity index (χ0v) is 11.6. The number of aromatic nitrogens is 2. The Hall–Kier alpha value is -1.46. The lowest BCUT2D eigenvalue weighted by atomic mass is 9.84. The smallest absolute Gasteiger partial charge is 0.297 e. The van der Waals surface area contributed by atoms with Gasteiger partial charge >= 0.3 is 6.18 Å².